The Labute approximate surface area is 161 Å². The second kappa shape index (κ2) is 7.92. The fourth-order valence-electron chi connectivity index (χ4n) is 3.00. The quantitative estimate of drug-likeness (QED) is 0.700. The van der Waals surface area contributed by atoms with Crippen LogP contribution in [0.15, 0.2) is 27.5 Å². The predicted molar refractivity (Wildman–Crippen MR) is 103 cm³/mol. The molecule has 3 rings (SSSR count). The molecular formula is C19H21ClN4O3. The lowest BCUT2D eigenvalue weighted by Gasteiger charge is -2.21. The van der Waals surface area contributed by atoms with Crippen molar-refractivity contribution in [1.29, 1.82) is 0 Å². The van der Waals surface area contributed by atoms with Gasteiger partial charge in [-0.2, -0.15) is 0 Å². The van der Waals surface area contributed by atoms with Gasteiger partial charge in [0, 0.05) is 17.1 Å². The van der Waals surface area contributed by atoms with Crippen LogP contribution in [-0.4, -0.2) is 32.5 Å². The second-order valence-electron chi connectivity index (χ2n) is 6.47. The largest absolute Gasteiger partial charge is 0.361 e. The summed E-state index contributed by atoms with van der Waals surface area (Å²) >= 11 is 6.01. The van der Waals surface area contributed by atoms with Crippen molar-refractivity contribution in [2.45, 2.75) is 40.2 Å². The highest BCUT2D eigenvalue weighted by Gasteiger charge is 2.19. The summed E-state index contributed by atoms with van der Waals surface area (Å²) in [5.41, 5.74) is 1.77. The molecule has 0 fully saturated rings. The number of nitrogens with zero attached hydrogens (tertiary/aromatic N) is 3. The highest BCUT2D eigenvalue weighted by atomic mass is 35.5. The Bertz CT molecular complexity index is 1020. The topological polar surface area (TPSA) is 92.1 Å². The minimum absolute atomic E-state index is 0.0694. The first-order chi connectivity index (χ1) is 12.9. The van der Waals surface area contributed by atoms with E-state index in [0.29, 0.717) is 39.7 Å². The average molecular weight is 389 g/mol. The van der Waals surface area contributed by atoms with Crippen LogP contribution in [-0.2, 0) is 17.8 Å². The van der Waals surface area contributed by atoms with E-state index in [1.165, 1.54) is 0 Å². The van der Waals surface area contributed by atoms with E-state index in [-0.39, 0.29) is 24.4 Å². The van der Waals surface area contributed by atoms with E-state index in [4.69, 9.17) is 16.1 Å². The maximum Gasteiger partial charge on any atom is 0.258 e. The molecule has 0 spiro atoms. The Morgan fingerprint density at radius 1 is 1.33 bits per heavy atom. The zero-order valence-corrected chi connectivity index (χ0v) is 16.3. The molecule has 2 aromatic heterocycles. The van der Waals surface area contributed by atoms with E-state index in [2.05, 4.69) is 15.1 Å². The van der Waals surface area contributed by atoms with Crippen LogP contribution < -0.4 is 5.56 Å². The molecule has 142 valence electrons. The third-order valence-electron chi connectivity index (χ3n) is 4.41. The first-order valence-electron chi connectivity index (χ1n) is 8.77. The van der Waals surface area contributed by atoms with Crippen LogP contribution in [0.2, 0.25) is 5.02 Å². The summed E-state index contributed by atoms with van der Waals surface area (Å²) in [6, 6.07) is 4.93. The third kappa shape index (κ3) is 4.19. The number of H-pyrrole nitrogens is 1. The monoisotopic (exact) mass is 388 g/mol. The summed E-state index contributed by atoms with van der Waals surface area (Å²) in [7, 11) is 0. The zero-order chi connectivity index (χ0) is 19.6. The number of carbonyl (C=O) groups excluding carboxylic acids is 1. The highest BCUT2D eigenvalue weighted by molar-refractivity contribution is 6.31. The van der Waals surface area contributed by atoms with Crippen LogP contribution in [0, 0.1) is 13.8 Å². The number of hydrogen-bond donors (Lipinski definition) is 1. The normalized spacial score (nSPS) is 11.1. The molecule has 0 unspecified atom stereocenters. The number of aryl methyl sites for hydroxylation is 2. The molecule has 0 bridgehead atoms. The summed E-state index contributed by atoms with van der Waals surface area (Å²) in [6.07, 6.45) is 0.988. The number of nitrogens with one attached hydrogen (secondary N) is 1. The Balaban J connectivity index is 1.86. The van der Waals surface area contributed by atoms with Crippen molar-refractivity contribution in [3.05, 3.63) is 56.4 Å². The van der Waals surface area contributed by atoms with Crippen molar-refractivity contribution in [2.75, 3.05) is 6.54 Å². The lowest BCUT2D eigenvalue weighted by Crippen LogP contribution is -2.34. The average Bonchev–Trinajstić information content (AvgIpc) is 2.93. The van der Waals surface area contributed by atoms with Gasteiger partial charge < -0.3 is 14.4 Å². The minimum Gasteiger partial charge on any atom is -0.361 e. The summed E-state index contributed by atoms with van der Waals surface area (Å²) in [6.45, 7) is 6.37. The molecule has 0 aliphatic heterocycles. The van der Waals surface area contributed by atoms with Crippen LogP contribution >= 0.6 is 11.6 Å². The SMILES string of the molecule is CCCN(Cc1nc2cc(Cl)ccc2c(=O)[nH]1)C(=O)Cc1c(C)noc1C. The maximum atomic E-state index is 12.8. The van der Waals surface area contributed by atoms with Gasteiger partial charge in [-0.15, -0.1) is 0 Å². The van der Waals surface area contributed by atoms with E-state index in [0.717, 1.165) is 12.0 Å². The van der Waals surface area contributed by atoms with Gasteiger partial charge in [0.1, 0.15) is 11.6 Å². The maximum absolute atomic E-state index is 12.8. The molecule has 0 aliphatic rings. The van der Waals surface area contributed by atoms with Crippen LogP contribution in [0.1, 0.15) is 36.2 Å². The second-order valence-corrected chi connectivity index (χ2v) is 6.91. The van der Waals surface area contributed by atoms with Gasteiger partial charge in [0.05, 0.1) is 29.6 Å². The summed E-state index contributed by atoms with van der Waals surface area (Å²) in [5, 5.41) is 4.87. The van der Waals surface area contributed by atoms with Gasteiger partial charge in [-0.3, -0.25) is 9.59 Å². The fourth-order valence-corrected chi connectivity index (χ4v) is 3.16. The van der Waals surface area contributed by atoms with Crippen molar-refractivity contribution in [3.63, 3.8) is 0 Å². The lowest BCUT2D eigenvalue weighted by atomic mass is 10.1. The number of aromatic amines is 1. The van der Waals surface area contributed by atoms with Gasteiger partial charge in [-0.1, -0.05) is 23.7 Å². The zero-order valence-electron chi connectivity index (χ0n) is 15.5. The molecule has 0 saturated heterocycles. The van der Waals surface area contributed by atoms with Crippen LogP contribution in [0.25, 0.3) is 10.9 Å². The number of fused-ring (bicyclic) bond motifs is 1. The molecular weight excluding hydrogens is 368 g/mol. The van der Waals surface area contributed by atoms with Crippen LogP contribution in [0.5, 0.6) is 0 Å². The van der Waals surface area contributed by atoms with Crippen molar-refractivity contribution >= 4 is 28.4 Å². The molecule has 8 heteroatoms. The standard InChI is InChI=1S/C19H21ClN4O3/c1-4-7-24(18(25)9-15-11(2)23-27-12(15)3)10-17-21-16-8-13(20)5-6-14(16)19(26)22-17/h5-6,8H,4,7,9-10H2,1-3H3,(H,21,22,26). The Morgan fingerprint density at radius 3 is 2.78 bits per heavy atom. The van der Waals surface area contributed by atoms with E-state index >= 15 is 0 Å². The summed E-state index contributed by atoms with van der Waals surface area (Å²) < 4.78 is 5.14. The minimum atomic E-state index is -0.249. The number of amides is 1. The fraction of sp³-hybridized carbons (Fsp3) is 0.368. The molecule has 0 saturated carbocycles. The molecule has 27 heavy (non-hydrogen) atoms. The Hall–Kier alpha value is -2.67. The van der Waals surface area contributed by atoms with Gasteiger partial charge in [0.25, 0.3) is 5.56 Å². The van der Waals surface area contributed by atoms with Gasteiger partial charge in [-0.25, -0.2) is 4.98 Å². The molecule has 1 aromatic carbocycles. The molecule has 2 heterocycles. The van der Waals surface area contributed by atoms with Crippen molar-refractivity contribution < 1.29 is 9.32 Å². The van der Waals surface area contributed by atoms with Gasteiger partial charge >= 0.3 is 0 Å². The van der Waals surface area contributed by atoms with Crippen LogP contribution in [0.3, 0.4) is 0 Å². The number of carbonyl (C=O) groups is 1. The van der Waals surface area contributed by atoms with Gasteiger partial charge in [0.15, 0.2) is 0 Å². The number of rotatable bonds is 6. The summed E-state index contributed by atoms with van der Waals surface area (Å²) in [4.78, 5) is 34.0. The van der Waals surface area contributed by atoms with Crippen molar-refractivity contribution in [2.24, 2.45) is 0 Å². The van der Waals surface area contributed by atoms with E-state index in [1.54, 1.807) is 30.0 Å². The smallest absolute Gasteiger partial charge is 0.258 e. The number of aromatic nitrogens is 3. The van der Waals surface area contributed by atoms with Crippen molar-refractivity contribution in [1.82, 2.24) is 20.0 Å². The summed E-state index contributed by atoms with van der Waals surface area (Å²) in [5.74, 6) is 1.000. The highest BCUT2D eigenvalue weighted by Crippen LogP contribution is 2.17. The Kier molecular flexibility index (Phi) is 5.60. The van der Waals surface area contributed by atoms with Crippen molar-refractivity contribution in [3.8, 4) is 0 Å². The predicted octanol–water partition coefficient (Wildman–Crippen LogP) is 3.16. The lowest BCUT2D eigenvalue weighted by molar-refractivity contribution is -0.131. The van der Waals surface area contributed by atoms with Gasteiger partial charge in [-0.05, 0) is 38.5 Å². The number of hydrogen-bond acceptors (Lipinski definition) is 5. The molecule has 0 radical (unpaired) electrons. The van der Waals surface area contributed by atoms with E-state index in [9.17, 15) is 9.59 Å². The first-order valence-corrected chi connectivity index (χ1v) is 9.14. The molecule has 0 atom stereocenters. The molecule has 3 aromatic rings. The van der Waals surface area contributed by atoms with E-state index < -0.39 is 0 Å². The molecule has 7 nitrogen and oxygen atoms in total. The number of benzene rings is 1. The molecule has 1 amide bonds. The van der Waals surface area contributed by atoms with Gasteiger partial charge in [0.2, 0.25) is 5.91 Å². The Morgan fingerprint density at radius 2 is 2.11 bits per heavy atom. The van der Waals surface area contributed by atoms with E-state index in [1.807, 2.05) is 13.8 Å². The van der Waals surface area contributed by atoms with Crippen LogP contribution in [0.4, 0.5) is 0 Å². The molecule has 1 N–H and O–H groups in total. The third-order valence-corrected chi connectivity index (χ3v) is 4.65. The molecule has 0 aliphatic carbocycles. The number of halogens is 1. The first kappa shape index (κ1) is 19.1.